The Morgan fingerprint density at radius 3 is 2.62 bits per heavy atom. The normalized spacial score (nSPS) is 11.5. The van der Waals surface area contributed by atoms with Crippen LogP contribution in [0.5, 0.6) is 0 Å². The average Bonchev–Trinajstić information content (AvgIpc) is 3.21. The molecule has 3 N–H and O–H groups in total. The molecule has 0 saturated carbocycles. The lowest BCUT2D eigenvalue weighted by molar-refractivity contribution is -0.139. The number of alkyl halides is 3. The van der Waals surface area contributed by atoms with E-state index in [0.717, 1.165) is 29.3 Å². The Bertz CT molecular complexity index is 1300. The van der Waals surface area contributed by atoms with Gasteiger partial charge in [0.15, 0.2) is 0 Å². The van der Waals surface area contributed by atoms with E-state index in [1.165, 1.54) is 0 Å². The molecule has 0 unspecified atom stereocenters. The molecule has 0 atom stereocenters. The highest BCUT2D eigenvalue weighted by atomic mass is 19.4. The number of carbonyl (C=O) groups is 1. The van der Waals surface area contributed by atoms with E-state index in [2.05, 4.69) is 25.6 Å². The van der Waals surface area contributed by atoms with E-state index >= 15 is 0 Å². The molecule has 4 aromatic rings. The maximum absolute atomic E-state index is 13.8. The van der Waals surface area contributed by atoms with Crippen LogP contribution in [0.15, 0.2) is 55.0 Å². The maximum Gasteiger partial charge on any atom is 0.419 e. The van der Waals surface area contributed by atoms with Gasteiger partial charge in [0.2, 0.25) is 0 Å². The lowest BCUT2D eigenvalue weighted by atomic mass is 10.1. The van der Waals surface area contributed by atoms with Gasteiger partial charge in [-0.3, -0.25) is 4.79 Å². The molecule has 4 rings (SSSR count). The van der Waals surface area contributed by atoms with Gasteiger partial charge in [0.1, 0.15) is 23.1 Å². The monoisotopic (exact) mass is 447 g/mol. The van der Waals surface area contributed by atoms with Gasteiger partial charge < -0.3 is 15.6 Å². The molecule has 0 aliphatic rings. The van der Waals surface area contributed by atoms with Gasteiger partial charge in [0.25, 0.3) is 5.91 Å². The largest absolute Gasteiger partial charge is 0.419 e. The molecule has 32 heavy (non-hydrogen) atoms. The lowest BCUT2D eigenvalue weighted by Gasteiger charge is -2.13. The Balaban J connectivity index is 1.56. The Morgan fingerprint density at radius 2 is 1.88 bits per heavy atom. The first-order valence-corrected chi connectivity index (χ1v) is 9.21. The minimum absolute atomic E-state index is 0.0387. The summed E-state index contributed by atoms with van der Waals surface area (Å²) >= 11 is 0. The van der Waals surface area contributed by atoms with Gasteiger partial charge in [-0.25, -0.2) is 18.7 Å². The molecule has 1 aromatic carbocycles. The molecule has 6 nitrogen and oxygen atoms in total. The highest BCUT2D eigenvalue weighted by Crippen LogP contribution is 2.32. The van der Waals surface area contributed by atoms with Crippen molar-refractivity contribution in [2.24, 2.45) is 0 Å². The van der Waals surface area contributed by atoms with E-state index in [1.54, 1.807) is 18.5 Å². The Labute approximate surface area is 177 Å². The summed E-state index contributed by atoms with van der Waals surface area (Å²) in [5.41, 5.74) is -0.389. The zero-order chi connectivity index (χ0) is 22.9. The molecule has 0 aliphatic carbocycles. The quantitative estimate of drug-likeness (QED) is 0.371. The predicted molar refractivity (Wildman–Crippen MR) is 107 cm³/mol. The minimum Gasteiger partial charge on any atom is -0.365 e. The highest BCUT2D eigenvalue weighted by Gasteiger charge is 2.34. The summed E-state index contributed by atoms with van der Waals surface area (Å²) in [5.74, 6) is -3.17. The van der Waals surface area contributed by atoms with Crippen molar-refractivity contribution in [3.63, 3.8) is 0 Å². The number of carbonyl (C=O) groups excluding carboxylic acids is 1. The highest BCUT2D eigenvalue weighted by molar-refractivity contribution is 6.07. The molecule has 0 fully saturated rings. The summed E-state index contributed by atoms with van der Waals surface area (Å²) in [6.07, 6.45) is -0.635. The van der Waals surface area contributed by atoms with Crippen molar-refractivity contribution in [3.8, 4) is 0 Å². The van der Waals surface area contributed by atoms with Gasteiger partial charge in [-0.1, -0.05) is 0 Å². The number of hydrogen-bond acceptors (Lipinski definition) is 4. The summed E-state index contributed by atoms with van der Waals surface area (Å²) in [5, 5.41) is 6.04. The van der Waals surface area contributed by atoms with Gasteiger partial charge in [-0.15, -0.1) is 0 Å². The van der Waals surface area contributed by atoms with Gasteiger partial charge in [0, 0.05) is 30.0 Å². The molecular formula is C21H14F5N5O. The average molecular weight is 447 g/mol. The van der Waals surface area contributed by atoms with Crippen LogP contribution in [0.1, 0.15) is 21.5 Å². The van der Waals surface area contributed by atoms with Crippen molar-refractivity contribution in [1.29, 1.82) is 0 Å². The van der Waals surface area contributed by atoms with Crippen molar-refractivity contribution >= 4 is 28.4 Å². The number of aromatic nitrogens is 3. The fraction of sp³-hybridized carbons (Fsp3) is 0.0952. The van der Waals surface area contributed by atoms with E-state index in [4.69, 9.17) is 0 Å². The first kappa shape index (κ1) is 21.2. The van der Waals surface area contributed by atoms with Crippen LogP contribution in [0.2, 0.25) is 0 Å². The molecule has 3 heterocycles. The SMILES string of the molecule is O=C(Nc1ccc(C(F)(F)F)c(F)c1)c1cc(F)cnc1NCc1ccnc2[nH]ccc12. The molecular weight excluding hydrogens is 433 g/mol. The summed E-state index contributed by atoms with van der Waals surface area (Å²) < 4.78 is 65.7. The number of fused-ring (bicyclic) bond motifs is 1. The van der Waals surface area contributed by atoms with E-state index in [9.17, 15) is 26.7 Å². The number of rotatable bonds is 5. The Morgan fingerprint density at radius 1 is 1.06 bits per heavy atom. The second kappa shape index (κ2) is 8.25. The molecule has 3 aromatic heterocycles. The van der Waals surface area contributed by atoms with Gasteiger partial charge in [-0.05, 0) is 42.0 Å². The number of hydrogen-bond donors (Lipinski definition) is 3. The fourth-order valence-electron chi connectivity index (χ4n) is 3.13. The summed E-state index contributed by atoms with van der Waals surface area (Å²) in [6.45, 7) is 0.227. The number of halogens is 5. The van der Waals surface area contributed by atoms with Gasteiger partial charge in [-0.2, -0.15) is 13.2 Å². The second-order valence-electron chi connectivity index (χ2n) is 6.76. The van der Waals surface area contributed by atoms with Crippen LogP contribution < -0.4 is 10.6 Å². The lowest BCUT2D eigenvalue weighted by Crippen LogP contribution is -2.17. The standard InChI is InChI=1S/C21H14F5N5O/c22-12-7-15(20(32)31-13-1-2-16(17(23)8-13)21(24,25)26)19(30-10-12)29-9-11-3-5-27-18-14(11)4-6-28-18/h1-8,10H,9H2,(H,27,28)(H,29,30)(H,31,32). The van der Waals surface area contributed by atoms with E-state index < -0.39 is 29.3 Å². The third-order valence-electron chi connectivity index (χ3n) is 4.63. The first-order valence-electron chi connectivity index (χ1n) is 9.21. The number of anilines is 2. The summed E-state index contributed by atoms with van der Waals surface area (Å²) in [7, 11) is 0. The van der Waals surface area contributed by atoms with Gasteiger partial charge >= 0.3 is 6.18 Å². The van der Waals surface area contributed by atoms with Crippen molar-refractivity contribution in [1.82, 2.24) is 15.0 Å². The molecule has 11 heteroatoms. The third-order valence-corrected chi connectivity index (χ3v) is 4.63. The smallest absolute Gasteiger partial charge is 0.365 e. The number of aromatic amines is 1. The number of amides is 1. The van der Waals surface area contributed by atoms with Crippen molar-refractivity contribution < 1.29 is 26.7 Å². The summed E-state index contributed by atoms with van der Waals surface area (Å²) in [6, 6.07) is 6.47. The van der Waals surface area contributed by atoms with Crippen LogP contribution in [0.3, 0.4) is 0 Å². The number of pyridine rings is 2. The van der Waals surface area contributed by atoms with E-state index in [0.29, 0.717) is 17.8 Å². The van der Waals surface area contributed by atoms with Crippen molar-refractivity contribution in [3.05, 3.63) is 83.3 Å². The van der Waals surface area contributed by atoms with Crippen LogP contribution in [0.4, 0.5) is 33.5 Å². The van der Waals surface area contributed by atoms with Crippen LogP contribution in [-0.2, 0) is 12.7 Å². The molecule has 164 valence electrons. The zero-order valence-corrected chi connectivity index (χ0v) is 16.1. The maximum atomic E-state index is 13.8. The van der Waals surface area contributed by atoms with Crippen LogP contribution >= 0.6 is 0 Å². The van der Waals surface area contributed by atoms with E-state index in [1.807, 2.05) is 6.07 Å². The molecule has 0 bridgehead atoms. The topological polar surface area (TPSA) is 82.7 Å². The Kier molecular flexibility index (Phi) is 5.47. The molecule has 1 amide bonds. The minimum atomic E-state index is -4.87. The summed E-state index contributed by atoms with van der Waals surface area (Å²) in [4.78, 5) is 23.7. The van der Waals surface area contributed by atoms with Crippen LogP contribution in [0.25, 0.3) is 11.0 Å². The second-order valence-corrected chi connectivity index (χ2v) is 6.76. The third kappa shape index (κ3) is 4.36. The van der Waals surface area contributed by atoms with E-state index in [-0.39, 0.29) is 23.6 Å². The molecule has 0 aliphatic heterocycles. The Hall–Kier alpha value is -4.02. The molecule has 0 saturated heterocycles. The number of nitrogens with one attached hydrogen (secondary N) is 3. The molecule has 0 radical (unpaired) electrons. The van der Waals surface area contributed by atoms with Gasteiger partial charge in [0.05, 0.1) is 17.3 Å². The van der Waals surface area contributed by atoms with Crippen LogP contribution in [-0.4, -0.2) is 20.9 Å². The number of nitrogens with zero attached hydrogens (tertiary/aromatic N) is 2. The number of benzene rings is 1. The van der Waals surface area contributed by atoms with Crippen LogP contribution in [0, 0.1) is 11.6 Å². The fourth-order valence-corrected chi connectivity index (χ4v) is 3.13. The first-order chi connectivity index (χ1) is 15.2. The van der Waals surface area contributed by atoms with Crippen molar-refractivity contribution in [2.75, 3.05) is 10.6 Å². The predicted octanol–water partition coefficient (Wildman–Crippen LogP) is 5.12. The molecule has 0 spiro atoms. The number of H-pyrrole nitrogens is 1. The zero-order valence-electron chi connectivity index (χ0n) is 16.1. The van der Waals surface area contributed by atoms with Crippen molar-refractivity contribution in [2.45, 2.75) is 12.7 Å².